The Labute approximate surface area is 162 Å². The van der Waals surface area contributed by atoms with E-state index < -0.39 is 0 Å². The molecule has 3 aromatic rings. The minimum absolute atomic E-state index is 0.137. The second-order valence-electron chi connectivity index (χ2n) is 7.19. The van der Waals surface area contributed by atoms with Crippen molar-refractivity contribution in [2.75, 3.05) is 0 Å². The van der Waals surface area contributed by atoms with E-state index in [0.717, 1.165) is 24.2 Å². The van der Waals surface area contributed by atoms with Gasteiger partial charge in [-0.1, -0.05) is 36.8 Å². The van der Waals surface area contributed by atoms with Crippen molar-refractivity contribution in [1.29, 1.82) is 0 Å². The lowest BCUT2D eigenvalue weighted by atomic mass is 9.85. The van der Waals surface area contributed by atoms with Gasteiger partial charge in [0, 0.05) is 30.8 Å². The zero-order valence-electron chi connectivity index (χ0n) is 15.5. The molecule has 1 aliphatic carbocycles. The molecule has 7 nitrogen and oxygen atoms in total. The van der Waals surface area contributed by atoms with Crippen molar-refractivity contribution in [3.8, 4) is 0 Å². The van der Waals surface area contributed by atoms with Crippen LogP contribution in [0.1, 0.15) is 48.3 Å². The number of nitrogens with one attached hydrogen (secondary N) is 2. The van der Waals surface area contributed by atoms with Crippen molar-refractivity contribution in [3.63, 3.8) is 0 Å². The highest BCUT2D eigenvalue weighted by atomic mass is 16.2. The van der Waals surface area contributed by atoms with E-state index in [2.05, 4.69) is 20.4 Å². The number of carbonyl (C=O) groups is 1. The normalized spacial score (nSPS) is 15.0. The Kier molecular flexibility index (Phi) is 5.32. The average Bonchev–Trinajstić information content (AvgIpc) is 3.13. The zero-order valence-corrected chi connectivity index (χ0v) is 15.5. The SMILES string of the molecule is O=C(Cn1cccn1)NC(Cc1cc(=O)[nH]c(C2CCC2)n1)c1ccccc1. The molecule has 28 heavy (non-hydrogen) atoms. The van der Waals surface area contributed by atoms with E-state index in [4.69, 9.17) is 0 Å². The maximum atomic E-state index is 12.5. The fourth-order valence-electron chi connectivity index (χ4n) is 3.44. The van der Waals surface area contributed by atoms with Crippen LogP contribution < -0.4 is 10.9 Å². The Balaban J connectivity index is 1.55. The van der Waals surface area contributed by atoms with Gasteiger partial charge in [0.05, 0.1) is 11.7 Å². The maximum Gasteiger partial charge on any atom is 0.251 e. The van der Waals surface area contributed by atoms with E-state index in [1.165, 1.54) is 12.5 Å². The summed E-state index contributed by atoms with van der Waals surface area (Å²) in [6.07, 6.45) is 7.15. The summed E-state index contributed by atoms with van der Waals surface area (Å²) in [6.45, 7) is 0.145. The summed E-state index contributed by atoms with van der Waals surface area (Å²) < 4.78 is 1.58. The quantitative estimate of drug-likeness (QED) is 0.661. The van der Waals surface area contributed by atoms with Crippen LogP contribution in [0.4, 0.5) is 0 Å². The van der Waals surface area contributed by atoms with Gasteiger partial charge in [-0.2, -0.15) is 5.10 Å². The topological polar surface area (TPSA) is 92.7 Å². The highest BCUT2D eigenvalue weighted by Gasteiger charge is 2.23. The van der Waals surface area contributed by atoms with Crippen LogP contribution in [0.3, 0.4) is 0 Å². The van der Waals surface area contributed by atoms with Crippen LogP contribution in [0.25, 0.3) is 0 Å². The molecule has 1 aliphatic rings. The number of rotatable bonds is 7. The Morgan fingerprint density at radius 1 is 1.25 bits per heavy atom. The molecular weight excluding hydrogens is 354 g/mol. The third-order valence-electron chi connectivity index (χ3n) is 5.12. The molecule has 144 valence electrons. The fraction of sp³-hybridized carbons (Fsp3) is 0.333. The molecule has 1 amide bonds. The van der Waals surface area contributed by atoms with Crippen LogP contribution in [-0.4, -0.2) is 25.7 Å². The smallest absolute Gasteiger partial charge is 0.251 e. The summed E-state index contributed by atoms with van der Waals surface area (Å²) in [5.41, 5.74) is 1.53. The fourth-order valence-corrected chi connectivity index (χ4v) is 3.44. The van der Waals surface area contributed by atoms with E-state index in [-0.39, 0.29) is 24.1 Å². The van der Waals surface area contributed by atoms with Gasteiger partial charge in [-0.25, -0.2) is 4.98 Å². The molecule has 0 radical (unpaired) electrons. The second-order valence-corrected chi connectivity index (χ2v) is 7.19. The molecule has 4 rings (SSSR count). The number of amides is 1. The summed E-state index contributed by atoms with van der Waals surface area (Å²) in [5, 5.41) is 7.14. The number of aromatic amines is 1. The van der Waals surface area contributed by atoms with Gasteiger partial charge < -0.3 is 10.3 Å². The highest BCUT2D eigenvalue weighted by Crippen LogP contribution is 2.34. The van der Waals surface area contributed by atoms with Gasteiger partial charge in [-0.05, 0) is 24.5 Å². The lowest BCUT2D eigenvalue weighted by molar-refractivity contribution is -0.122. The van der Waals surface area contributed by atoms with E-state index in [1.54, 1.807) is 23.1 Å². The predicted octanol–water partition coefficient (Wildman–Crippen LogP) is 2.33. The van der Waals surface area contributed by atoms with Crippen LogP contribution >= 0.6 is 0 Å². The van der Waals surface area contributed by atoms with Crippen LogP contribution in [0, 0.1) is 0 Å². The first-order valence-corrected chi connectivity index (χ1v) is 9.59. The highest BCUT2D eigenvalue weighted by molar-refractivity contribution is 5.76. The predicted molar refractivity (Wildman–Crippen MR) is 105 cm³/mol. The molecule has 0 spiro atoms. The van der Waals surface area contributed by atoms with Crippen molar-refractivity contribution >= 4 is 5.91 Å². The number of nitrogens with zero attached hydrogens (tertiary/aromatic N) is 3. The summed E-state index contributed by atoms with van der Waals surface area (Å²) in [7, 11) is 0. The Morgan fingerprint density at radius 2 is 2.07 bits per heavy atom. The largest absolute Gasteiger partial charge is 0.347 e. The van der Waals surface area contributed by atoms with Crippen LogP contribution in [-0.2, 0) is 17.8 Å². The maximum absolute atomic E-state index is 12.5. The summed E-state index contributed by atoms with van der Waals surface area (Å²) >= 11 is 0. The van der Waals surface area contributed by atoms with Gasteiger partial charge in [0.1, 0.15) is 12.4 Å². The minimum atomic E-state index is -0.271. The average molecular weight is 377 g/mol. The van der Waals surface area contributed by atoms with Crippen molar-refractivity contribution in [2.45, 2.75) is 44.2 Å². The van der Waals surface area contributed by atoms with E-state index in [9.17, 15) is 9.59 Å². The van der Waals surface area contributed by atoms with E-state index >= 15 is 0 Å². The molecule has 1 unspecified atom stereocenters. The molecule has 1 aromatic carbocycles. The third kappa shape index (κ3) is 4.36. The number of hydrogen-bond donors (Lipinski definition) is 2. The van der Waals surface area contributed by atoms with Crippen molar-refractivity contribution in [2.24, 2.45) is 0 Å². The van der Waals surface area contributed by atoms with Gasteiger partial charge >= 0.3 is 0 Å². The van der Waals surface area contributed by atoms with E-state index in [0.29, 0.717) is 18.0 Å². The van der Waals surface area contributed by atoms with Crippen molar-refractivity contribution < 1.29 is 4.79 Å². The first kappa shape index (κ1) is 18.2. The number of benzene rings is 1. The third-order valence-corrected chi connectivity index (χ3v) is 5.12. The first-order chi connectivity index (χ1) is 13.7. The van der Waals surface area contributed by atoms with Gasteiger partial charge in [-0.15, -0.1) is 0 Å². The molecule has 1 fully saturated rings. The van der Waals surface area contributed by atoms with Gasteiger partial charge in [0.25, 0.3) is 5.56 Å². The number of H-pyrrole nitrogens is 1. The molecule has 0 bridgehead atoms. The molecule has 2 aromatic heterocycles. The standard InChI is InChI=1S/C21H23N5O2/c27-19-13-17(23-21(25-19)16-8-4-9-16)12-18(15-6-2-1-3-7-15)24-20(28)14-26-11-5-10-22-26/h1-3,5-7,10-11,13,16,18H,4,8-9,12,14H2,(H,24,28)(H,23,25,27). The Hall–Kier alpha value is -3.22. The summed E-state index contributed by atoms with van der Waals surface area (Å²) in [4.78, 5) is 32.2. The minimum Gasteiger partial charge on any atom is -0.347 e. The molecule has 0 aliphatic heterocycles. The van der Waals surface area contributed by atoms with Crippen molar-refractivity contribution in [3.05, 3.63) is 82.3 Å². The lowest BCUT2D eigenvalue weighted by Crippen LogP contribution is -2.33. The molecule has 7 heteroatoms. The summed E-state index contributed by atoms with van der Waals surface area (Å²) in [6, 6.07) is 12.8. The molecule has 2 heterocycles. The molecule has 0 saturated heterocycles. The number of aromatic nitrogens is 4. The monoisotopic (exact) mass is 377 g/mol. The lowest BCUT2D eigenvalue weighted by Gasteiger charge is -2.25. The molecule has 2 N–H and O–H groups in total. The number of hydrogen-bond acceptors (Lipinski definition) is 4. The number of carbonyl (C=O) groups excluding carboxylic acids is 1. The van der Waals surface area contributed by atoms with Crippen LogP contribution in [0.2, 0.25) is 0 Å². The zero-order chi connectivity index (χ0) is 19.3. The molecular formula is C21H23N5O2. The van der Waals surface area contributed by atoms with E-state index in [1.807, 2.05) is 30.3 Å². The van der Waals surface area contributed by atoms with Gasteiger partial charge in [0.2, 0.25) is 5.91 Å². The molecule has 1 atom stereocenters. The van der Waals surface area contributed by atoms with Gasteiger partial charge in [0.15, 0.2) is 0 Å². The van der Waals surface area contributed by atoms with Gasteiger partial charge in [-0.3, -0.25) is 14.3 Å². The van der Waals surface area contributed by atoms with Crippen LogP contribution in [0.5, 0.6) is 0 Å². The Morgan fingerprint density at radius 3 is 2.75 bits per heavy atom. The molecule has 1 saturated carbocycles. The van der Waals surface area contributed by atoms with Crippen LogP contribution in [0.15, 0.2) is 59.7 Å². The summed E-state index contributed by atoms with van der Waals surface area (Å²) in [5.74, 6) is 0.974. The second kappa shape index (κ2) is 8.21. The Bertz CT molecular complexity index is 978. The van der Waals surface area contributed by atoms with Crippen molar-refractivity contribution in [1.82, 2.24) is 25.1 Å². The first-order valence-electron chi connectivity index (χ1n) is 9.59.